The maximum Gasteiger partial charge on any atom is 0.408 e. The minimum atomic E-state index is -1.23. The SMILES string of the molecule is CC(C)(C)OC(=O)N[C@H](C(=O)OCCCCO[N+](=O)[O-])C(C)(C)SC(=O)COCCN1CCN(C(c2ccccc2)c2ccc(Cl)cc2)CC1. The van der Waals surface area contributed by atoms with E-state index in [1.54, 1.807) is 34.6 Å². The van der Waals surface area contributed by atoms with Crippen LogP contribution in [-0.4, -0.2) is 108 Å². The second kappa shape index (κ2) is 19.8. The van der Waals surface area contributed by atoms with Gasteiger partial charge in [0, 0.05) is 42.5 Å². The number of rotatable bonds is 18. The van der Waals surface area contributed by atoms with Crippen molar-refractivity contribution in [3.63, 3.8) is 0 Å². The van der Waals surface area contributed by atoms with Gasteiger partial charge in [-0.05, 0) is 70.7 Å². The van der Waals surface area contributed by atoms with Gasteiger partial charge in [-0.15, -0.1) is 10.1 Å². The fourth-order valence-corrected chi connectivity index (χ4v) is 6.54. The molecule has 1 amide bonds. The van der Waals surface area contributed by atoms with E-state index in [1.165, 1.54) is 11.1 Å². The van der Waals surface area contributed by atoms with E-state index >= 15 is 0 Å². The van der Waals surface area contributed by atoms with Crippen LogP contribution in [0.3, 0.4) is 0 Å². The zero-order valence-corrected chi connectivity index (χ0v) is 31.0. The first-order chi connectivity index (χ1) is 23.6. The van der Waals surface area contributed by atoms with Crippen LogP contribution in [0.15, 0.2) is 54.6 Å². The highest BCUT2D eigenvalue weighted by Gasteiger charge is 2.41. The zero-order valence-electron chi connectivity index (χ0n) is 29.4. The predicted octanol–water partition coefficient (Wildman–Crippen LogP) is 5.53. The third-order valence-corrected chi connectivity index (χ3v) is 9.15. The number of benzene rings is 2. The quantitative estimate of drug-likeness (QED) is 0.0888. The summed E-state index contributed by atoms with van der Waals surface area (Å²) in [6.07, 6.45) is -0.233. The highest BCUT2D eigenvalue weighted by molar-refractivity contribution is 8.14. The van der Waals surface area contributed by atoms with Crippen LogP contribution in [0.1, 0.15) is 64.6 Å². The van der Waals surface area contributed by atoms with Crippen LogP contribution in [0.5, 0.6) is 0 Å². The first-order valence-electron chi connectivity index (χ1n) is 16.6. The third-order valence-electron chi connectivity index (χ3n) is 7.79. The van der Waals surface area contributed by atoms with E-state index in [0.29, 0.717) is 31.0 Å². The van der Waals surface area contributed by atoms with Crippen LogP contribution in [0.4, 0.5) is 4.79 Å². The van der Waals surface area contributed by atoms with Crippen molar-refractivity contribution in [3.8, 4) is 0 Å². The Morgan fingerprint density at radius 2 is 1.54 bits per heavy atom. The lowest BCUT2D eigenvalue weighted by Crippen LogP contribution is -2.54. The van der Waals surface area contributed by atoms with Gasteiger partial charge in [-0.1, -0.05) is 65.8 Å². The van der Waals surface area contributed by atoms with Gasteiger partial charge in [0.25, 0.3) is 5.09 Å². The lowest BCUT2D eigenvalue weighted by atomic mass is 9.96. The van der Waals surface area contributed by atoms with Crippen molar-refractivity contribution in [1.29, 1.82) is 0 Å². The lowest BCUT2D eigenvalue weighted by molar-refractivity contribution is -0.757. The molecular weight excluding hydrogens is 688 g/mol. The average molecular weight is 737 g/mol. The predicted molar refractivity (Wildman–Crippen MR) is 192 cm³/mol. The number of thioether (sulfide) groups is 1. The number of halogens is 1. The number of unbranched alkanes of at least 4 members (excludes halogenated alkanes) is 1. The van der Waals surface area contributed by atoms with Crippen LogP contribution in [0.25, 0.3) is 0 Å². The highest BCUT2D eigenvalue weighted by Crippen LogP contribution is 2.32. The van der Waals surface area contributed by atoms with Crippen molar-refractivity contribution in [3.05, 3.63) is 80.9 Å². The van der Waals surface area contributed by atoms with Gasteiger partial charge in [0.15, 0.2) is 0 Å². The van der Waals surface area contributed by atoms with Crippen molar-refractivity contribution >= 4 is 40.5 Å². The Hall–Kier alpha value is -3.43. The molecule has 3 rings (SSSR count). The fraction of sp³-hybridized carbons (Fsp3) is 0.571. The van der Waals surface area contributed by atoms with E-state index in [1.807, 2.05) is 18.2 Å². The van der Waals surface area contributed by atoms with Gasteiger partial charge >= 0.3 is 12.1 Å². The number of nitrogens with zero attached hydrogens (tertiary/aromatic N) is 3. The van der Waals surface area contributed by atoms with Crippen molar-refractivity contribution < 1.29 is 38.5 Å². The molecule has 1 unspecified atom stereocenters. The van der Waals surface area contributed by atoms with Gasteiger partial charge in [0.1, 0.15) is 18.2 Å². The number of nitrogens with one attached hydrogen (secondary N) is 1. The molecule has 1 saturated heterocycles. The molecule has 276 valence electrons. The lowest BCUT2D eigenvalue weighted by Gasteiger charge is -2.39. The summed E-state index contributed by atoms with van der Waals surface area (Å²) in [6.45, 7) is 12.4. The number of ether oxygens (including phenoxy) is 3. The molecule has 2 aromatic rings. The maximum atomic E-state index is 13.1. The summed E-state index contributed by atoms with van der Waals surface area (Å²) in [7, 11) is 0. The smallest absolute Gasteiger partial charge is 0.408 e. The Morgan fingerprint density at radius 1 is 0.920 bits per heavy atom. The summed E-state index contributed by atoms with van der Waals surface area (Å²) < 4.78 is 15.3. The second-order valence-corrected chi connectivity index (χ2v) is 15.5. The molecule has 0 aliphatic carbocycles. The number of hydrogen-bond donors (Lipinski definition) is 1. The molecule has 2 atom stereocenters. The van der Waals surface area contributed by atoms with Crippen LogP contribution >= 0.6 is 23.4 Å². The number of carbonyl (C=O) groups excluding carboxylic acids is 3. The number of piperazine rings is 1. The number of carbonyl (C=O) groups is 3. The van der Waals surface area contributed by atoms with Crippen molar-refractivity contribution in [2.45, 2.75) is 69.9 Å². The second-order valence-electron chi connectivity index (χ2n) is 13.4. The van der Waals surface area contributed by atoms with Gasteiger partial charge in [-0.3, -0.25) is 14.6 Å². The zero-order chi connectivity index (χ0) is 36.7. The highest BCUT2D eigenvalue weighted by atomic mass is 35.5. The first-order valence-corrected chi connectivity index (χ1v) is 17.8. The van der Waals surface area contributed by atoms with E-state index in [4.69, 9.17) is 25.8 Å². The Balaban J connectivity index is 1.48. The standard InChI is InChI=1S/C35H49ClN4O9S/c1-34(2,3)49-33(43)37-31(32(42)47-22-9-10-23-48-40(44)45)35(4,5)50-29(41)25-46-24-21-38-17-19-39(20-18-38)30(26-11-7-6-8-12-26)27-13-15-28(36)16-14-27/h6-8,11-16,30-31H,9-10,17-25H2,1-5H3,(H,37,43)/t30?,31-/m1/s1. The van der Waals surface area contributed by atoms with Crippen LogP contribution in [0, 0.1) is 10.1 Å². The van der Waals surface area contributed by atoms with Gasteiger partial charge in [0.2, 0.25) is 5.12 Å². The number of amides is 1. The molecular formula is C35H49ClN4O9S. The molecule has 13 nitrogen and oxygen atoms in total. The van der Waals surface area contributed by atoms with E-state index in [-0.39, 0.29) is 31.0 Å². The van der Waals surface area contributed by atoms with Crippen LogP contribution in [-0.2, 0) is 28.6 Å². The van der Waals surface area contributed by atoms with Crippen molar-refractivity contribution in [2.24, 2.45) is 0 Å². The first kappa shape index (κ1) is 41.0. The Morgan fingerprint density at radius 3 is 2.16 bits per heavy atom. The molecule has 2 aromatic carbocycles. The van der Waals surface area contributed by atoms with Gasteiger partial charge in [-0.25, -0.2) is 9.59 Å². The summed E-state index contributed by atoms with van der Waals surface area (Å²) in [5.41, 5.74) is 1.60. The molecule has 0 bridgehead atoms. The van der Waals surface area contributed by atoms with Crippen LogP contribution < -0.4 is 5.32 Å². The van der Waals surface area contributed by atoms with E-state index in [2.05, 4.69) is 56.4 Å². The number of alkyl carbamates (subject to hydrolysis) is 1. The normalized spacial score (nSPS) is 15.5. The van der Waals surface area contributed by atoms with Gasteiger partial charge in [-0.2, -0.15) is 0 Å². The van der Waals surface area contributed by atoms with Gasteiger partial charge in [0.05, 0.1) is 25.9 Å². The summed E-state index contributed by atoms with van der Waals surface area (Å²) in [6, 6.07) is 17.3. The molecule has 1 heterocycles. The molecule has 50 heavy (non-hydrogen) atoms. The Bertz CT molecular complexity index is 1380. The average Bonchev–Trinajstić information content (AvgIpc) is 3.04. The van der Waals surface area contributed by atoms with E-state index in [9.17, 15) is 24.5 Å². The number of hydrogen-bond acceptors (Lipinski definition) is 12. The molecule has 1 aliphatic rings. The fourth-order valence-electron chi connectivity index (χ4n) is 5.41. The van der Waals surface area contributed by atoms with Crippen molar-refractivity contribution in [2.75, 3.05) is 59.2 Å². The molecule has 0 radical (unpaired) electrons. The molecule has 0 saturated carbocycles. The molecule has 1 N–H and O–H groups in total. The summed E-state index contributed by atoms with van der Waals surface area (Å²) in [4.78, 5) is 58.0. The van der Waals surface area contributed by atoms with E-state index in [0.717, 1.165) is 37.9 Å². The maximum absolute atomic E-state index is 13.1. The van der Waals surface area contributed by atoms with E-state index < -0.39 is 33.5 Å². The Labute approximate surface area is 303 Å². The third kappa shape index (κ3) is 14.4. The minimum absolute atomic E-state index is 0.0491. The molecule has 0 aromatic heterocycles. The summed E-state index contributed by atoms with van der Waals surface area (Å²) >= 11 is 7.04. The monoisotopic (exact) mass is 736 g/mol. The summed E-state index contributed by atoms with van der Waals surface area (Å²) in [5, 5.41) is 12.4. The number of esters is 1. The minimum Gasteiger partial charge on any atom is -0.464 e. The van der Waals surface area contributed by atoms with Crippen molar-refractivity contribution in [1.82, 2.24) is 15.1 Å². The molecule has 1 aliphatic heterocycles. The molecule has 15 heteroatoms. The molecule has 0 spiro atoms. The van der Waals surface area contributed by atoms with Gasteiger partial charge < -0.3 is 24.4 Å². The van der Waals surface area contributed by atoms with Crippen LogP contribution in [0.2, 0.25) is 5.02 Å². The Kier molecular flexibility index (Phi) is 16.3. The topological polar surface area (TPSA) is 150 Å². The molecule has 1 fully saturated rings. The summed E-state index contributed by atoms with van der Waals surface area (Å²) in [5.74, 6) is -0.762. The largest absolute Gasteiger partial charge is 0.464 e.